The molecule has 106 valence electrons. The fourth-order valence-electron chi connectivity index (χ4n) is 1.31. The third kappa shape index (κ3) is 6.36. The molecule has 0 aliphatic carbocycles. The summed E-state index contributed by atoms with van der Waals surface area (Å²) in [5.74, 6) is 0.686. The summed E-state index contributed by atoms with van der Waals surface area (Å²) in [6.07, 6.45) is 0.792. The first-order valence-electron chi connectivity index (χ1n) is 6.26. The zero-order chi connectivity index (χ0) is 14.5. The van der Waals surface area contributed by atoms with E-state index >= 15 is 0 Å². The van der Waals surface area contributed by atoms with Crippen molar-refractivity contribution in [3.8, 4) is 5.75 Å². The fourth-order valence-corrected chi connectivity index (χ4v) is 1.31. The van der Waals surface area contributed by atoms with E-state index in [0.29, 0.717) is 17.9 Å². The second-order valence-corrected chi connectivity index (χ2v) is 5.84. The molecule has 0 aromatic heterocycles. The van der Waals surface area contributed by atoms with Crippen LogP contribution in [-0.2, 0) is 4.74 Å². The van der Waals surface area contributed by atoms with Gasteiger partial charge in [0, 0.05) is 5.56 Å². The summed E-state index contributed by atoms with van der Waals surface area (Å²) in [5, 5.41) is 9.63. The van der Waals surface area contributed by atoms with Gasteiger partial charge in [0.15, 0.2) is 0 Å². The highest BCUT2D eigenvalue weighted by Gasteiger charge is 2.24. The number of rotatable bonds is 7. The van der Waals surface area contributed by atoms with Crippen LogP contribution in [0.3, 0.4) is 0 Å². The van der Waals surface area contributed by atoms with Crippen LogP contribution in [0.1, 0.15) is 38.1 Å². The molecular formula is C15H22O4. The van der Waals surface area contributed by atoms with Crippen molar-refractivity contribution in [3.63, 3.8) is 0 Å². The first kappa shape index (κ1) is 15.7. The van der Waals surface area contributed by atoms with Crippen LogP contribution in [0.4, 0.5) is 0 Å². The predicted molar refractivity (Wildman–Crippen MR) is 73.7 cm³/mol. The van der Waals surface area contributed by atoms with E-state index < -0.39 is 11.2 Å². The van der Waals surface area contributed by atoms with Crippen LogP contribution in [0.2, 0.25) is 0 Å². The minimum Gasteiger partial charge on any atom is -0.491 e. The van der Waals surface area contributed by atoms with E-state index in [0.717, 1.165) is 6.29 Å². The van der Waals surface area contributed by atoms with E-state index in [1.54, 1.807) is 38.1 Å². The van der Waals surface area contributed by atoms with Gasteiger partial charge in [-0.2, -0.15) is 0 Å². The largest absolute Gasteiger partial charge is 0.491 e. The number of hydrogen-bond acceptors (Lipinski definition) is 4. The monoisotopic (exact) mass is 266 g/mol. The molecule has 0 heterocycles. The molecule has 0 atom stereocenters. The Hall–Kier alpha value is -1.39. The Labute approximate surface area is 114 Å². The van der Waals surface area contributed by atoms with Crippen molar-refractivity contribution in [3.05, 3.63) is 29.8 Å². The maximum absolute atomic E-state index is 10.5. The average Bonchev–Trinajstić information content (AvgIpc) is 2.34. The minimum atomic E-state index is -0.858. The highest BCUT2D eigenvalue weighted by Crippen LogP contribution is 2.17. The van der Waals surface area contributed by atoms with Crippen LogP contribution >= 0.6 is 0 Å². The zero-order valence-corrected chi connectivity index (χ0v) is 12.0. The molecule has 1 aromatic carbocycles. The Morgan fingerprint density at radius 3 is 2.16 bits per heavy atom. The fraction of sp³-hybridized carbons (Fsp3) is 0.533. The number of carbonyl (C=O) groups is 1. The van der Waals surface area contributed by atoms with E-state index in [-0.39, 0.29) is 6.61 Å². The van der Waals surface area contributed by atoms with Crippen LogP contribution in [0.25, 0.3) is 0 Å². The lowest BCUT2D eigenvalue weighted by molar-refractivity contribution is -0.105. The van der Waals surface area contributed by atoms with Gasteiger partial charge < -0.3 is 14.6 Å². The van der Waals surface area contributed by atoms with Crippen molar-refractivity contribution in [2.24, 2.45) is 0 Å². The van der Waals surface area contributed by atoms with Gasteiger partial charge in [-0.05, 0) is 52.0 Å². The van der Waals surface area contributed by atoms with Crippen molar-refractivity contribution in [2.75, 3.05) is 13.2 Å². The first-order valence-corrected chi connectivity index (χ1v) is 6.26. The second-order valence-electron chi connectivity index (χ2n) is 5.84. The van der Waals surface area contributed by atoms with Crippen molar-refractivity contribution >= 4 is 6.29 Å². The average molecular weight is 266 g/mol. The molecule has 0 fully saturated rings. The van der Waals surface area contributed by atoms with Crippen LogP contribution in [0, 0.1) is 0 Å². The van der Waals surface area contributed by atoms with Gasteiger partial charge in [0.25, 0.3) is 0 Å². The van der Waals surface area contributed by atoms with E-state index in [9.17, 15) is 9.90 Å². The Morgan fingerprint density at radius 1 is 1.11 bits per heavy atom. The summed E-state index contributed by atoms with van der Waals surface area (Å²) in [4.78, 5) is 10.5. The Balaban J connectivity index is 2.47. The third-order valence-corrected chi connectivity index (χ3v) is 2.42. The topological polar surface area (TPSA) is 55.8 Å². The normalized spacial score (nSPS) is 12.3. The molecule has 4 nitrogen and oxygen atoms in total. The molecule has 0 saturated carbocycles. The minimum absolute atomic E-state index is 0.243. The molecule has 0 amide bonds. The van der Waals surface area contributed by atoms with Crippen molar-refractivity contribution < 1.29 is 19.4 Å². The molecule has 0 radical (unpaired) electrons. The van der Waals surface area contributed by atoms with Gasteiger partial charge in [-0.25, -0.2) is 0 Å². The summed E-state index contributed by atoms with van der Waals surface area (Å²) >= 11 is 0. The molecule has 4 heteroatoms. The summed E-state index contributed by atoms with van der Waals surface area (Å²) < 4.78 is 11.2. The molecule has 1 rings (SSSR count). The second kappa shape index (κ2) is 6.17. The van der Waals surface area contributed by atoms with Crippen LogP contribution in [0.15, 0.2) is 24.3 Å². The molecule has 19 heavy (non-hydrogen) atoms. The van der Waals surface area contributed by atoms with Crippen molar-refractivity contribution in [1.29, 1.82) is 0 Å². The number of ether oxygens (including phenoxy) is 2. The lowest BCUT2D eigenvalue weighted by Gasteiger charge is -2.29. The Bertz CT molecular complexity index is 401. The lowest BCUT2D eigenvalue weighted by atomic mass is 10.1. The van der Waals surface area contributed by atoms with Gasteiger partial charge >= 0.3 is 0 Å². The summed E-state index contributed by atoms with van der Waals surface area (Å²) in [7, 11) is 0. The maximum atomic E-state index is 10.5. The molecule has 1 N–H and O–H groups in total. The number of hydrogen-bond donors (Lipinski definition) is 1. The zero-order valence-electron chi connectivity index (χ0n) is 12.0. The predicted octanol–water partition coefficient (Wildman–Crippen LogP) is 2.44. The van der Waals surface area contributed by atoms with Crippen LogP contribution < -0.4 is 4.74 Å². The van der Waals surface area contributed by atoms with E-state index in [4.69, 9.17) is 9.47 Å². The number of aliphatic hydroxyl groups is 1. The van der Waals surface area contributed by atoms with Gasteiger partial charge in [0.05, 0.1) is 17.8 Å². The Morgan fingerprint density at radius 2 is 1.68 bits per heavy atom. The molecule has 0 unspecified atom stereocenters. The highest BCUT2D eigenvalue weighted by atomic mass is 16.5. The highest BCUT2D eigenvalue weighted by molar-refractivity contribution is 5.74. The SMILES string of the molecule is CC(C)(O)COC(C)(C)COc1ccc(C=O)cc1. The molecule has 0 aliphatic rings. The van der Waals surface area contributed by atoms with Gasteiger partial charge in [0.2, 0.25) is 0 Å². The van der Waals surface area contributed by atoms with Crippen molar-refractivity contribution in [1.82, 2.24) is 0 Å². The standard InChI is InChI=1S/C15H22O4/c1-14(2,17)10-19-15(3,4)11-18-13-7-5-12(9-16)6-8-13/h5-9,17H,10-11H2,1-4H3. The van der Waals surface area contributed by atoms with Crippen LogP contribution in [0.5, 0.6) is 5.75 Å². The van der Waals surface area contributed by atoms with Crippen LogP contribution in [-0.4, -0.2) is 35.8 Å². The van der Waals surface area contributed by atoms with Gasteiger partial charge in [-0.15, -0.1) is 0 Å². The number of benzene rings is 1. The molecule has 1 aromatic rings. The van der Waals surface area contributed by atoms with E-state index in [1.165, 1.54) is 0 Å². The molecule has 0 aliphatic heterocycles. The number of aldehydes is 1. The van der Waals surface area contributed by atoms with Crippen molar-refractivity contribution in [2.45, 2.75) is 38.9 Å². The van der Waals surface area contributed by atoms with Gasteiger partial charge in [0.1, 0.15) is 18.6 Å². The summed E-state index contributed by atoms with van der Waals surface area (Å²) in [6, 6.07) is 6.89. The molecule has 0 bridgehead atoms. The summed E-state index contributed by atoms with van der Waals surface area (Å²) in [6.45, 7) is 7.80. The molecule has 0 saturated heterocycles. The first-order chi connectivity index (χ1) is 8.72. The van der Waals surface area contributed by atoms with E-state index in [1.807, 2.05) is 13.8 Å². The third-order valence-electron chi connectivity index (χ3n) is 2.42. The maximum Gasteiger partial charge on any atom is 0.150 e. The number of carbonyl (C=O) groups excluding carboxylic acids is 1. The molecule has 0 spiro atoms. The summed E-state index contributed by atoms with van der Waals surface area (Å²) in [5.41, 5.74) is -0.739. The van der Waals surface area contributed by atoms with E-state index in [2.05, 4.69) is 0 Å². The van der Waals surface area contributed by atoms with Gasteiger partial charge in [-0.1, -0.05) is 0 Å². The quantitative estimate of drug-likeness (QED) is 0.770. The smallest absolute Gasteiger partial charge is 0.150 e. The molecular weight excluding hydrogens is 244 g/mol. The van der Waals surface area contributed by atoms with Gasteiger partial charge in [-0.3, -0.25) is 4.79 Å². The lowest BCUT2D eigenvalue weighted by Crippen LogP contribution is -2.38. The Kier molecular flexibility index (Phi) is 5.09.